The van der Waals surface area contributed by atoms with Gasteiger partial charge in [-0.3, -0.25) is 4.79 Å². The van der Waals surface area contributed by atoms with E-state index in [4.69, 9.17) is 9.47 Å². The fourth-order valence-corrected chi connectivity index (χ4v) is 3.29. The van der Waals surface area contributed by atoms with Crippen LogP contribution in [0.5, 0.6) is 0 Å². The molecule has 1 aromatic rings. The van der Waals surface area contributed by atoms with Gasteiger partial charge in [-0.15, -0.1) is 0 Å². The van der Waals surface area contributed by atoms with E-state index in [2.05, 4.69) is 17.4 Å². The Morgan fingerprint density at radius 3 is 2.31 bits per heavy atom. The highest BCUT2D eigenvalue weighted by Gasteiger charge is 2.48. The third-order valence-corrected chi connectivity index (χ3v) is 5.11. The molecule has 0 spiro atoms. The van der Waals surface area contributed by atoms with Crippen LogP contribution in [0.4, 0.5) is 4.79 Å². The minimum Gasteiger partial charge on any atom is -0.467 e. The van der Waals surface area contributed by atoms with Gasteiger partial charge in [0.05, 0.1) is 7.11 Å². The second-order valence-electron chi connectivity index (χ2n) is 8.60. The quantitative estimate of drug-likeness (QED) is 0.673. The van der Waals surface area contributed by atoms with Gasteiger partial charge in [0, 0.05) is 19.0 Å². The average Bonchev–Trinajstić information content (AvgIpc) is 3.43. The SMILES string of the molecule is COC(=O)[C@H](CCC(=O)N(C)C1(Cc2ccccc2)CC1)NC(=O)OC(C)(C)C. The van der Waals surface area contributed by atoms with Crippen LogP contribution in [0.3, 0.4) is 0 Å². The molecule has 1 atom stereocenters. The van der Waals surface area contributed by atoms with Crippen molar-refractivity contribution in [3.05, 3.63) is 35.9 Å². The summed E-state index contributed by atoms with van der Waals surface area (Å²) in [5.74, 6) is -0.657. The summed E-state index contributed by atoms with van der Waals surface area (Å²) in [6, 6.07) is 9.17. The van der Waals surface area contributed by atoms with Crippen molar-refractivity contribution in [1.29, 1.82) is 0 Å². The number of nitrogens with one attached hydrogen (secondary N) is 1. The van der Waals surface area contributed by atoms with E-state index in [0.717, 1.165) is 19.3 Å². The number of amides is 2. The van der Waals surface area contributed by atoms with Crippen LogP contribution >= 0.6 is 0 Å². The lowest BCUT2D eigenvalue weighted by atomic mass is 10.0. The Kier molecular flexibility index (Phi) is 7.27. The highest BCUT2D eigenvalue weighted by Crippen LogP contribution is 2.44. The number of hydrogen-bond acceptors (Lipinski definition) is 5. The van der Waals surface area contributed by atoms with E-state index in [1.807, 2.05) is 25.2 Å². The summed E-state index contributed by atoms with van der Waals surface area (Å²) in [5.41, 5.74) is 0.359. The molecule has 1 fully saturated rings. The maximum absolute atomic E-state index is 12.8. The molecule has 1 aromatic carbocycles. The van der Waals surface area contributed by atoms with Crippen LogP contribution in [0, 0.1) is 0 Å². The number of esters is 1. The molecule has 1 aliphatic rings. The van der Waals surface area contributed by atoms with Gasteiger partial charge in [-0.05, 0) is 52.0 Å². The van der Waals surface area contributed by atoms with Gasteiger partial charge >= 0.3 is 12.1 Å². The first-order valence-corrected chi connectivity index (χ1v) is 9.94. The summed E-state index contributed by atoms with van der Waals surface area (Å²) in [7, 11) is 3.06. The molecule has 1 aliphatic carbocycles. The highest BCUT2D eigenvalue weighted by molar-refractivity contribution is 5.83. The van der Waals surface area contributed by atoms with Crippen LogP contribution in [0.15, 0.2) is 30.3 Å². The van der Waals surface area contributed by atoms with Crippen LogP contribution in [0.2, 0.25) is 0 Å². The molecule has 0 heterocycles. The molecule has 0 saturated heterocycles. The Bertz CT molecular complexity index is 722. The minimum atomic E-state index is -0.934. The molecule has 29 heavy (non-hydrogen) atoms. The topological polar surface area (TPSA) is 84.9 Å². The van der Waals surface area contributed by atoms with Crippen molar-refractivity contribution in [2.45, 2.75) is 70.1 Å². The first kappa shape index (κ1) is 22.7. The van der Waals surface area contributed by atoms with Crippen LogP contribution < -0.4 is 5.32 Å². The van der Waals surface area contributed by atoms with Gasteiger partial charge in [0.2, 0.25) is 5.91 Å². The Morgan fingerprint density at radius 1 is 1.17 bits per heavy atom. The summed E-state index contributed by atoms with van der Waals surface area (Å²) in [6.07, 6.45) is 2.30. The number of nitrogens with zero attached hydrogens (tertiary/aromatic N) is 1. The van der Waals surface area contributed by atoms with Crippen LogP contribution in [0.1, 0.15) is 52.0 Å². The van der Waals surface area contributed by atoms with Gasteiger partial charge in [-0.2, -0.15) is 0 Å². The molecule has 0 aliphatic heterocycles. The maximum atomic E-state index is 12.8. The van der Waals surface area contributed by atoms with Crippen LogP contribution in [-0.2, 0) is 25.5 Å². The van der Waals surface area contributed by atoms with E-state index in [1.54, 1.807) is 25.7 Å². The summed E-state index contributed by atoms with van der Waals surface area (Å²) in [4.78, 5) is 38.6. The molecule has 7 heteroatoms. The number of likely N-dealkylation sites (N-methyl/N-ethyl adjacent to an activating group) is 1. The summed E-state index contributed by atoms with van der Waals surface area (Å²) in [6.45, 7) is 5.21. The van der Waals surface area contributed by atoms with Crippen molar-refractivity contribution in [3.8, 4) is 0 Å². The van der Waals surface area contributed by atoms with E-state index in [9.17, 15) is 14.4 Å². The molecular formula is C22H32N2O5. The van der Waals surface area contributed by atoms with Crippen molar-refractivity contribution < 1.29 is 23.9 Å². The zero-order chi connectivity index (χ0) is 21.7. The first-order valence-electron chi connectivity index (χ1n) is 9.94. The van der Waals surface area contributed by atoms with Crippen molar-refractivity contribution >= 4 is 18.0 Å². The lowest BCUT2D eigenvalue weighted by Crippen LogP contribution is -2.45. The summed E-state index contributed by atoms with van der Waals surface area (Å²) in [5, 5.41) is 2.51. The number of benzene rings is 1. The second kappa shape index (κ2) is 9.29. The van der Waals surface area contributed by atoms with E-state index in [-0.39, 0.29) is 24.3 Å². The molecule has 0 unspecified atom stereocenters. The highest BCUT2D eigenvalue weighted by atomic mass is 16.6. The molecule has 1 saturated carbocycles. The molecule has 0 radical (unpaired) electrons. The largest absolute Gasteiger partial charge is 0.467 e. The van der Waals surface area contributed by atoms with Gasteiger partial charge in [0.1, 0.15) is 11.6 Å². The van der Waals surface area contributed by atoms with Crippen molar-refractivity contribution in [3.63, 3.8) is 0 Å². The van der Waals surface area contributed by atoms with E-state index in [0.29, 0.717) is 0 Å². The zero-order valence-corrected chi connectivity index (χ0v) is 18.0. The molecule has 0 aromatic heterocycles. The third kappa shape index (κ3) is 6.76. The number of methoxy groups -OCH3 is 1. The lowest BCUT2D eigenvalue weighted by molar-refractivity contribution is -0.143. The molecule has 2 amide bonds. The lowest BCUT2D eigenvalue weighted by Gasteiger charge is -2.29. The normalized spacial score (nSPS) is 15.8. The standard InChI is InChI=1S/C22H32N2O5/c1-21(2,3)29-20(27)23-17(19(26)28-5)11-12-18(25)24(4)22(13-14-22)15-16-9-7-6-8-10-16/h6-10,17H,11-15H2,1-5H3,(H,23,27)/t17-/m0/s1. The molecule has 160 valence electrons. The Morgan fingerprint density at radius 2 is 1.79 bits per heavy atom. The molecular weight excluding hydrogens is 372 g/mol. The summed E-state index contributed by atoms with van der Waals surface area (Å²) < 4.78 is 9.96. The summed E-state index contributed by atoms with van der Waals surface area (Å²) >= 11 is 0. The third-order valence-electron chi connectivity index (χ3n) is 5.11. The van der Waals surface area contributed by atoms with Crippen LogP contribution in [-0.4, -0.2) is 54.2 Å². The fourth-order valence-electron chi connectivity index (χ4n) is 3.29. The fraction of sp³-hybridized carbons (Fsp3) is 0.591. The predicted molar refractivity (Wildman–Crippen MR) is 109 cm³/mol. The number of carbonyl (C=O) groups excluding carboxylic acids is 3. The zero-order valence-electron chi connectivity index (χ0n) is 18.0. The number of carbonyl (C=O) groups is 3. The second-order valence-corrected chi connectivity index (χ2v) is 8.60. The van der Waals surface area contributed by atoms with Crippen molar-refractivity contribution in [2.24, 2.45) is 0 Å². The smallest absolute Gasteiger partial charge is 0.408 e. The average molecular weight is 405 g/mol. The van der Waals surface area contributed by atoms with Crippen molar-refractivity contribution in [2.75, 3.05) is 14.2 Å². The van der Waals surface area contributed by atoms with Gasteiger partial charge in [-0.25, -0.2) is 9.59 Å². The molecule has 7 nitrogen and oxygen atoms in total. The van der Waals surface area contributed by atoms with Gasteiger partial charge in [-0.1, -0.05) is 30.3 Å². The number of alkyl carbamates (subject to hydrolysis) is 1. The van der Waals surface area contributed by atoms with Crippen LogP contribution in [0.25, 0.3) is 0 Å². The molecule has 2 rings (SSSR count). The monoisotopic (exact) mass is 404 g/mol. The van der Waals surface area contributed by atoms with E-state index < -0.39 is 23.7 Å². The van der Waals surface area contributed by atoms with Gasteiger partial charge in [0.25, 0.3) is 0 Å². The number of ether oxygens (including phenoxy) is 2. The van der Waals surface area contributed by atoms with E-state index in [1.165, 1.54) is 12.7 Å². The minimum absolute atomic E-state index is 0.0571. The van der Waals surface area contributed by atoms with Crippen molar-refractivity contribution in [1.82, 2.24) is 10.2 Å². The Hall–Kier alpha value is -2.57. The van der Waals surface area contributed by atoms with Gasteiger partial charge < -0.3 is 19.7 Å². The number of rotatable bonds is 8. The van der Waals surface area contributed by atoms with Gasteiger partial charge in [0.15, 0.2) is 0 Å². The van der Waals surface area contributed by atoms with E-state index >= 15 is 0 Å². The molecule has 1 N–H and O–H groups in total. The Balaban J connectivity index is 1.93. The predicted octanol–water partition coefficient (Wildman–Crippen LogP) is 3.07. The number of hydrogen-bond donors (Lipinski definition) is 1. The Labute approximate surface area is 172 Å². The maximum Gasteiger partial charge on any atom is 0.408 e. The molecule has 0 bridgehead atoms. The first-order chi connectivity index (χ1) is 13.6.